The molecule has 0 aromatic carbocycles. The van der Waals surface area contributed by atoms with Crippen LogP contribution in [0.5, 0.6) is 0 Å². The number of carbonyl (C=O) groups is 2. The highest BCUT2D eigenvalue weighted by Crippen LogP contribution is 2.43. The second-order valence-electron chi connectivity index (χ2n) is 15.6. The molecule has 0 aliphatic rings. The van der Waals surface area contributed by atoms with Gasteiger partial charge in [-0.1, -0.05) is 172 Å². The smallest absolute Gasteiger partial charge is 0.462 e. The molecule has 0 fully saturated rings. The van der Waals surface area contributed by atoms with Gasteiger partial charge in [-0.05, 0) is 38.0 Å². The van der Waals surface area contributed by atoms with Crippen molar-refractivity contribution in [3.63, 3.8) is 0 Å². The van der Waals surface area contributed by atoms with Crippen LogP contribution in [0.25, 0.3) is 0 Å². The minimum absolute atomic E-state index is 0.0641. The molecule has 0 rings (SSSR count). The Hall–Kier alpha value is -2.15. The lowest BCUT2D eigenvalue weighted by molar-refractivity contribution is -0.161. The number of carbonyl (C=O) groups excluding carboxylic acids is 2. The molecule has 338 valence electrons. The average molecular weight is 845 g/mol. The number of esters is 2. The Morgan fingerprint density at radius 3 is 1.62 bits per heavy atom. The van der Waals surface area contributed by atoms with Crippen LogP contribution in [0.2, 0.25) is 0 Å². The highest BCUT2D eigenvalue weighted by Gasteiger charge is 2.27. The highest BCUT2D eigenvalue weighted by atomic mass is 31.2. The zero-order valence-electron chi connectivity index (χ0n) is 36.1. The molecule has 5 atom stereocenters. The number of hydrogen-bond donors (Lipinski definition) is 5. The molecule has 0 aromatic rings. The van der Waals surface area contributed by atoms with Crippen LogP contribution in [-0.2, 0) is 32.7 Å². The van der Waals surface area contributed by atoms with Crippen molar-refractivity contribution in [1.29, 1.82) is 0 Å². The summed E-state index contributed by atoms with van der Waals surface area (Å²) in [5.74, 6) is -0.347. The molecule has 5 N–H and O–H groups in total. The summed E-state index contributed by atoms with van der Waals surface area (Å²) < 4.78 is 32.5. The summed E-state index contributed by atoms with van der Waals surface area (Å²) >= 11 is 0. The fourth-order valence-corrected chi connectivity index (χ4v) is 6.65. The van der Waals surface area contributed by atoms with Crippen LogP contribution in [-0.4, -0.2) is 88.1 Å². The molecule has 0 amide bonds. The van der Waals surface area contributed by atoms with Gasteiger partial charge in [0.1, 0.15) is 12.7 Å². The first-order valence-electron chi connectivity index (χ1n) is 22.2. The van der Waals surface area contributed by atoms with Gasteiger partial charge < -0.3 is 34.8 Å². The summed E-state index contributed by atoms with van der Waals surface area (Å²) in [6, 6.07) is 0. The molecule has 0 aromatic heterocycles. The molecule has 0 spiro atoms. The van der Waals surface area contributed by atoms with Crippen LogP contribution >= 0.6 is 7.82 Å². The molecule has 0 aliphatic heterocycles. The average Bonchev–Trinajstić information content (AvgIpc) is 3.18. The molecule has 1 unspecified atom stereocenters. The van der Waals surface area contributed by atoms with Crippen LogP contribution in [0, 0.1) is 5.92 Å². The Kier molecular flexibility index (Phi) is 37.6. The second-order valence-corrected chi connectivity index (χ2v) is 17.1. The first-order chi connectivity index (χ1) is 27.9. The fourth-order valence-electron chi connectivity index (χ4n) is 5.86. The summed E-state index contributed by atoms with van der Waals surface area (Å²) in [6.45, 7) is 4.34. The monoisotopic (exact) mass is 845 g/mol. The number of unbranched alkanes of at least 4 members (excludes halogenated alkanes) is 14. The van der Waals surface area contributed by atoms with Crippen LogP contribution < -0.4 is 0 Å². The van der Waals surface area contributed by atoms with Crippen LogP contribution in [0.15, 0.2) is 48.6 Å². The predicted molar refractivity (Wildman–Crippen MR) is 231 cm³/mol. The first kappa shape index (κ1) is 55.9. The predicted octanol–water partition coefficient (Wildman–Crippen LogP) is 9.52. The van der Waals surface area contributed by atoms with Crippen molar-refractivity contribution in [2.75, 3.05) is 26.4 Å². The van der Waals surface area contributed by atoms with E-state index in [0.29, 0.717) is 19.3 Å². The van der Waals surface area contributed by atoms with Gasteiger partial charge in [0.05, 0.1) is 32.0 Å². The molecule has 12 nitrogen and oxygen atoms in total. The van der Waals surface area contributed by atoms with Crippen molar-refractivity contribution >= 4 is 19.8 Å². The molecule has 58 heavy (non-hydrogen) atoms. The fraction of sp³-hybridized carbons (Fsp3) is 0.778. The molecule has 0 saturated heterocycles. The standard InChI is InChI=1S/C45H81O12P/c1-4-5-22-29-40(47)30-24-19-15-13-16-20-25-31-41(48)32-27-34-45(51)57-43(38-56-58(52,53)55-36-42(49)35-46)37-54-44(50)33-26-21-17-12-10-8-6-7-9-11-14-18-23-28-39(2)3/h15-16,19-20,24-25,30-31,39-43,46-49H,4-14,17-18,21-23,26-29,32-38H2,1-3H3,(H,52,53)/b19-15-,20-16-,30-24+,31-25+/t40-,41-,42+,43-/m1/s1. The zero-order valence-corrected chi connectivity index (χ0v) is 37.0. The SMILES string of the molecule is CCCCC[C@@H](O)/C=C/C=C\C/C=C\C=C\[C@@H](O)CCCC(=O)O[C@H](COC(=O)CCCCCCCCCCCCCCCC(C)C)COP(=O)(O)OC[C@@H](O)CO. The highest BCUT2D eigenvalue weighted by molar-refractivity contribution is 7.47. The molecular weight excluding hydrogens is 763 g/mol. The van der Waals surface area contributed by atoms with E-state index in [2.05, 4.69) is 25.3 Å². The van der Waals surface area contributed by atoms with Gasteiger partial charge in [-0.25, -0.2) is 4.57 Å². The number of phosphoric ester groups is 1. The lowest BCUT2D eigenvalue weighted by Crippen LogP contribution is -2.30. The normalized spacial score (nSPS) is 15.5. The number of allylic oxidation sites excluding steroid dienone is 6. The van der Waals surface area contributed by atoms with Crippen molar-refractivity contribution < 1.29 is 58.0 Å². The van der Waals surface area contributed by atoms with E-state index < -0.39 is 70.6 Å². The third-order valence-corrected chi connectivity index (χ3v) is 10.3. The third kappa shape index (κ3) is 39.3. The topological polar surface area (TPSA) is 189 Å². The number of hydrogen-bond acceptors (Lipinski definition) is 11. The minimum atomic E-state index is -4.68. The molecule has 0 bridgehead atoms. The maximum absolute atomic E-state index is 12.6. The van der Waals surface area contributed by atoms with Gasteiger partial charge >= 0.3 is 19.8 Å². The van der Waals surface area contributed by atoms with E-state index >= 15 is 0 Å². The van der Waals surface area contributed by atoms with E-state index in [1.54, 1.807) is 18.2 Å². The Morgan fingerprint density at radius 2 is 1.09 bits per heavy atom. The summed E-state index contributed by atoms with van der Waals surface area (Å²) in [6.07, 6.45) is 32.9. The van der Waals surface area contributed by atoms with Crippen LogP contribution in [0.4, 0.5) is 0 Å². The number of aliphatic hydroxyl groups is 4. The van der Waals surface area contributed by atoms with Crippen molar-refractivity contribution in [1.82, 2.24) is 0 Å². The van der Waals surface area contributed by atoms with E-state index in [0.717, 1.165) is 50.9 Å². The van der Waals surface area contributed by atoms with E-state index in [9.17, 15) is 34.4 Å². The molecule has 0 heterocycles. The van der Waals surface area contributed by atoms with Gasteiger partial charge in [0, 0.05) is 12.8 Å². The quantitative estimate of drug-likeness (QED) is 0.0170. The van der Waals surface area contributed by atoms with Gasteiger partial charge in [0.25, 0.3) is 0 Å². The maximum atomic E-state index is 12.6. The first-order valence-corrected chi connectivity index (χ1v) is 23.7. The van der Waals surface area contributed by atoms with E-state index in [1.807, 2.05) is 30.4 Å². The van der Waals surface area contributed by atoms with Crippen molar-refractivity contribution in [3.05, 3.63) is 48.6 Å². The number of aliphatic hydroxyl groups excluding tert-OH is 4. The largest absolute Gasteiger partial charge is 0.472 e. The van der Waals surface area contributed by atoms with Gasteiger partial charge in [-0.15, -0.1) is 0 Å². The Balaban J connectivity index is 4.52. The van der Waals surface area contributed by atoms with Crippen molar-refractivity contribution in [2.24, 2.45) is 5.92 Å². The summed E-state index contributed by atoms with van der Waals surface area (Å²) in [4.78, 5) is 35.0. The summed E-state index contributed by atoms with van der Waals surface area (Å²) in [7, 11) is -4.68. The van der Waals surface area contributed by atoms with Crippen molar-refractivity contribution in [3.8, 4) is 0 Å². The molecule has 0 aliphatic carbocycles. The molecule has 0 radical (unpaired) electrons. The van der Waals surface area contributed by atoms with Crippen molar-refractivity contribution in [2.45, 2.75) is 193 Å². The number of phosphoric acid groups is 1. The minimum Gasteiger partial charge on any atom is -0.462 e. The van der Waals surface area contributed by atoms with Gasteiger partial charge in [0.2, 0.25) is 0 Å². The molecule has 13 heteroatoms. The van der Waals surface area contributed by atoms with E-state index in [4.69, 9.17) is 19.1 Å². The molecule has 0 saturated carbocycles. The molecular formula is C45H81O12P. The lowest BCUT2D eigenvalue weighted by Gasteiger charge is -2.20. The Labute approximate surface area is 350 Å². The van der Waals surface area contributed by atoms with Gasteiger partial charge in [-0.2, -0.15) is 0 Å². The second kappa shape index (κ2) is 39.0. The summed E-state index contributed by atoms with van der Waals surface area (Å²) in [5, 5.41) is 38.5. The Bertz CT molecular complexity index is 1150. The number of rotatable bonds is 40. The lowest BCUT2D eigenvalue weighted by atomic mass is 10.0. The summed E-state index contributed by atoms with van der Waals surface area (Å²) in [5.41, 5.74) is 0. The van der Waals surface area contributed by atoms with Gasteiger partial charge in [0.15, 0.2) is 6.10 Å². The van der Waals surface area contributed by atoms with Crippen LogP contribution in [0.3, 0.4) is 0 Å². The van der Waals surface area contributed by atoms with E-state index in [-0.39, 0.29) is 19.3 Å². The van der Waals surface area contributed by atoms with E-state index in [1.165, 1.54) is 64.2 Å². The van der Waals surface area contributed by atoms with Gasteiger partial charge in [-0.3, -0.25) is 18.6 Å². The maximum Gasteiger partial charge on any atom is 0.472 e. The third-order valence-electron chi connectivity index (χ3n) is 9.37. The van der Waals surface area contributed by atoms with Crippen LogP contribution in [0.1, 0.15) is 168 Å². The zero-order chi connectivity index (χ0) is 43.1. The Morgan fingerprint density at radius 1 is 0.603 bits per heavy atom. The number of ether oxygens (including phenoxy) is 2.